The second-order valence-corrected chi connectivity index (χ2v) is 9.67. The van der Waals surface area contributed by atoms with Crippen molar-refractivity contribution in [1.29, 1.82) is 0 Å². The Morgan fingerprint density at radius 1 is 1.00 bits per heavy atom. The summed E-state index contributed by atoms with van der Waals surface area (Å²) < 4.78 is 37.1. The first kappa shape index (κ1) is 21.5. The van der Waals surface area contributed by atoms with Crippen molar-refractivity contribution in [2.75, 3.05) is 11.5 Å². The topological polar surface area (TPSA) is 87.2 Å². The average molecular weight is 476 g/mol. The molecule has 4 aromatic rings. The van der Waals surface area contributed by atoms with Crippen LogP contribution >= 0.6 is 23.4 Å². The summed E-state index contributed by atoms with van der Waals surface area (Å²) in [5.74, 6) is 1.75. The van der Waals surface area contributed by atoms with Crippen LogP contribution in [-0.4, -0.2) is 34.7 Å². The Bertz CT molecular complexity index is 1230. The van der Waals surface area contributed by atoms with Crippen LogP contribution < -0.4 is 4.18 Å². The van der Waals surface area contributed by atoms with Gasteiger partial charge in [-0.1, -0.05) is 41.6 Å². The van der Waals surface area contributed by atoms with Crippen molar-refractivity contribution in [3.8, 4) is 17.1 Å². The second-order valence-electron chi connectivity index (χ2n) is 6.49. The van der Waals surface area contributed by atoms with E-state index < -0.39 is 10.1 Å². The number of halogens is 1. The molecule has 0 aliphatic carbocycles. The number of aromatic nitrogens is 3. The first-order valence-corrected chi connectivity index (χ1v) is 12.3. The average Bonchev–Trinajstić information content (AvgIpc) is 3.40. The summed E-state index contributed by atoms with van der Waals surface area (Å²) >= 11 is 7.29. The molecular formula is C21H18ClN3O4S2. The summed E-state index contributed by atoms with van der Waals surface area (Å²) in [4.78, 5) is 0. The molecule has 2 aromatic heterocycles. The number of para-hydroxylation sites is 1. The third kappa shape index (κ3) is 5.69. The lowest BCUT2D eigenvalue weighted by molar-refractivity contribution is 0.484. The summed E-state index contributed by atoms with van der Waals surface area (Å²) in [5.41, 5.74) is 0.843. The molecule has 0 aliphatic heterocycles. The van der Waals surface area contributed by atoms with Gasteiger partial charge < -0.3 is 8.60 Å². The zero-order valence-electron chi connectivity index (χ0n) is 16.2. The van der Waals surface area contributed by atoms with Gasteiger partial charge in [0, 0.05) is 16.3 Å². The van der Waals surface area contributed by atoms with Gasteiger partial charge in [0.05, 0.1) is 18.6 Å². The Balaban J connectivity index is 1.50. The molecule has 0 saturated carbocycles. The van der Waals surface area contributed by atoms with Crippen molar-refractivity contribution in [2.45, 2.75) is 11.7 Å². The molecule has 0 amide bonds. The first-order valence-electron chi connectivity index (χ1n) is 9.32. The van der Waals surface area contributed by atoms with Crippen LogP contribution in [0.5, 0.6) is 5.75 Å². The highest BCUT2D eigenvalue weighted by Gasteiger charge is 2.18. The van der Waals surface area contributed by atoms with Gasteiger partial charge in [-0.25, -0.2) is 0 Å². The summed E-state index contributed by atoms with van der Waals surface area (Å²) in [6.45, 7) is 0.410. The van der Waals surface area contributed by atoms with E-state index in [1.165, 1.54) is 11.8 Å². The summed E-state index contributed by atoms with van der Waals surface area (Å²) in [6.07, 6.45) is 1.60. The van der Waals surface area contributed by atoms with Gasteiger partial charge in [-0.05, 0) is 48.5 Å². The van der Waals surface area contributed by atoms with E-state index in [9.17, 15) is 8.42 Å². The molecule has 2 heterocycles. The molecule has 0 aliphatic rings. The maximum Gasteiger partial charge on any atom is 0.310 e. The van der Waals surface area contributed by atoms with Crippen molar-refractivity contribution in [1.82, 2.24) is 14.8 Å². The molecule has 0 saturated heterocycles. The van der Waals surface area contributed by atoms with Gasteiger partial charge in [-0.15, -0.1) is 10.2 Å². The molecule has 7 nitrogen and oxygen atoms in total. The molecule has 160 valence electrons. The quantitative estimate of drug-likeness (QED) is 0.255. The number of thioether (sulfide) groups is 1. The molecule has 0 radical (unpaired) electrons. The number of benzene rings is 2. The van der Waals surface area contributed by atoms with Gasteiger partial charge in [-0.2, -0.15) is 8.42 Å². The lowest BCUT2D eigenvalue weighted by Gasteiger charge is -2.09. The molecule has 0 bridgehead atoms. The van der Waals surface area contributed by atoms with E-state index in [2.05, 4.69) is 10.2 Å². The predicted molar refractivity (Wildman–Crippen MR) is 120 cm³/mol. The highest BCUT2D eigenvalue weighted by Crippen LogP contribution is 2.26. The van der Waals surface area contributed by atoms with Gasteiger partial charge in [-0.3, -0.25) is 4.57 Å². The molecule has 2 aromatic carbocycles. The monoisotopic (exact) mass is 475 g/mol. The normalized spacial score (nSPS) is 11.5. The van der Waals surface area contributed by atoms with Crippen LogP contribution in [0.15, 0.2) is 82.6 Å². The van der Waals surface area contributed by atoms with E-state index in [1.54, 1.807) is 48.7 Å². The van der Waals surface area contributed by atoms with Gasteiger partial charge in [0.15, 0.2) is 11.0 Å². The Labute approximate surface area is 189 Å². The van der Waals surface area contributed by atoms with Crippen LogP contribution in [0.3, 0.4) is 0 Å². The Hall–Kier alpha value is -2.75. The lowest BCUT2D eigenvalue weighted by Crippen LogP contribution is -2.15. The van der Waals surface area contributed by atoms with E-state index in [-0.39, 0.29) is 11.5 Å². The van der Waals surface area contributed by atoms with Crippen LogP contribution in [-0.2, 0) is 16.7 Å². The highest BCUT2D eigenvalue weighted by atomic mass is 35.5. The summed E-state index contributed by atoms with van der Waals surface area (Å²) in [7, 11) is -3.73. The fourth-order valence-corrected chi connectivity index (χ4v) is 5.16. The smallest absolute Gasteiger partial charge is 0.310 e. The zero-order valence-corrected chi connectivity index (χ0v) is 18.6. The molecule has 0 N–H and O–H groups in total. The summed E-state index contributed by atoms with van der Waals surface area (Å²) in [6, 6.07) is 19.4. The minimum atomic E-state index is -3.73. The molecule has 4 rings (SSSR count). The number of hydrogen-bond acceptors (Lipinski definition) is 7. The molecule has 0 unspecified atom stereocenters. The fourth-order valence-electron chi connectivity index (χ4n) is 2.81. The molecule has 0 spiro atoms. The van der Waals surface area contributed by atoms with Gasteiger partial charge in [0.25, 0.3) is 0 Å². The lowest BCUT2D eigenvalue weighted by atomic mass is 10.2. The Morgan fingerprint density at radius 2 is 1.77 bits per heavy atom. The maximum absolute atomic E-state index is 12.3. The third-order valence-electron chi connectivity index (χ3n) is 4.24. The van der Waals surface area contributed by atoms with E-state index >= 15 is 0 Å². The van der Waals surface area contributed by atoms with Crippen LogP contribution in [0.4, 0.5) is 0 Å². The van der Waals surface area contributed by atoms with Gasteiger partial charge in [0.2, 0.25) is 0 Å². The summed E-state index contributed by atoms with van der Waals surface area (Å²) in [5, 5.41) is 9.77. The van der Waals surface area contributed by atoms with E-state index in [0.29, 0.717) is 28.3 Å². The SMILES string of the molecule is O=S(=O)(CCSc1nnc(-c2ccc(Cl)cc2)n1Cc1ccco1)Oc1ccccc1. The predicted octanol–water partition coefficient (Wildman–Crippen LogP) is 4.74. The largest absolute Gasteiger partial charge is 0.467 e. The minimum Gasteiger partial charge on any atom is -0.467 e. The standard InChI is InChI=1S/C21H18ClN3O4S2/c22-17-10-8-16(9-11-17)20-23-24-21(25(20)15-19-7-4-12-28-19)30-13-14-31(26,27)29-18-5-2-1-3-6-18/h1-12H,13-15H2. The Kier molecular flexibility index (Phi) is 6.64. The van der Waals surface area contributed by atoms with E-state index in [4.69, 9.17) is 20.2 Å². The first-order chi connectivity index (χ1) is 15.0. The zero-order chi connectivity index (χ0) is 21.7. The van der Waals surface area contributed by atoms with Gasteiger partial charge >= 0.3 is 10.1 Å². The molecule has 0 atom stereocenters. The molecular weight excluding hydrogens is 458 g/mol. The number of furan rings is 1. The number of rotatable bonds is 9. The van der Waals surface area contributed by atoms with Crippen LogP contribution in [0.1, 0.15) is 5.76 Å². The van der Waals surface area contributed by atoms with E-state index in [0.717, 1.165) is 11.3 Å². The van der Waals surface area contributed by atoms with Crippen molar-refractivity contribution in [3.63, 3.8) is 0 Å². The van der Waals surface area contributed by atoms with Crippen molar-refractivity contribution in [2.24, 2.45) is 0 Å². The molecule has 31 heavy (non-hydrogen) atoms. The maximum atomic E-state index is 12.3. The minimum absolute atomic E-state index is 0.170. The molecule has 10 heteroatoms. The van der Waals surface area contributed by atoms with Crippen LogP contribution in [0.25, 0.3) is 11.4 Å². The number of nitrogens with zero attached hydrogens (tertiary/aromatic N) is 3. The van der Waals surface area contributed by atoms with Crippen LogP contribution in [0.2, 0.25) is 5.02 Å². The van der Waals surface area contributed by atoms with Crippen molar-refractivity contribution in [3.05, 3.63) is 83.8 Å². The van der Waals surface area contributed by atoms with Crippen LogP contribution in [0, 0.1) is 0 Å². The number of hydrogen-bond donors (Lipinski definition) is 0. The third-order valence-corrected chi connectivity index (χ3v) is 6.87. The second kappa shape index (κ2) is 9.59. The van der Waals surface area contributed by atoms with Crippen molar-refractivity contribution >= 4 is 33.5 Å². The highest BCUT2D eigenvalue weighted by molar-refractivity contribution is 8.00. The molecule has 0 fully saturated rings. The van der Waals surface area contributed by atoms with E-state index in [1.807, 2.05) is 28.8 Å². The Morgan fingerprint density at radius 3 is 2.48 bits per heavy atom. The fraction of sp³-hybridized carbons (Fsp3) is 0.143. The van der Waals surface area contributed by atoms with Gasteiger partial charge in [0.1, 0.15) is 11.5 Å². The van der Waals surface area contributed by atoms with Crippen molar-refractivity contribution < 1.29 is 17.0 Å².